The van der Waals surface area contributed by atoms with Gasteiger partial charge in [-0.05, 0) is 38.1 Å². The molecule has 1 heterocycles. The largest absolute Gasteiger partial charge is 0.393 e. The molecular weight excluding hydrogens is 240 g/mol. The van der Waals surface area contributed by atoms with Crippen LogP contribution in [-0.4, -0.2) is 47.7 Å². The van der Waals surface area contributed by atoms with E-state index in [1.807, 2.05) is 18.7 Å². The topological polar surface area (TPSA) is 52.6 Å². The number of rotatable bonds is 6. The molecule has 4 nitrogen and oxygen atoms in total. The van der Waals surface area contributed by atoms with Gasteiger partial charge in [0.05, 0.1) is 6.10 Å². The van der Waals surface area contributed by atoms with Crippen molar-refractivity contribution in [1.29, 1.82) is 0 Å². The summed E-state index contributed by atoms with van der Waals surface area (Å²) in [5, 5.41) is 13.7. The minimum absolute atomic E-state index is 0.214. The standard InChI is InChI=1S/C15H28N2O2/c1-3-14(18)12-7-13(16-8-11-5-6-11)10-17(9-12)15(19)4-2/h11-14,16,18H,3-10H2,1-2H3. The molecule has 1 saturated carbocycles. The molecule has 2 rings (SSSR count). The zero-order valence-electron chi connectivity index (χ0n) is 12.3. The first-order chi connectivity index (χ1) is 9.13. The molecule has 3 atom stereocenters. The Bertz CT molecular complexity index is 305. The summed E-state index contributed by atoms with van der Waals surface area (Å²) in [6, 6.07) is 0.357. The average Bonchev–Trinajstić information content (AvgIpc) is 3.27. The molecule has 0 aromatic heterocycles. The minimum atomic E-state index is -0.280. The summed E-state index contributed by atoms with van der Waals surface area (Å²) >= 11 is 0. The lowest BCUT2D eigenvalue weighted by atomic mass is 9.88. The van der Waals surface area contributed by atoms with Crippen LogP contribution in [0.4, 0.5) is 0 Å². The van der Waals surface area contributed by atoms with Crippen LogP contribution >= 0.6 is 0 Å². The van der Waals surface area contributed by atoms with Crippen LogP contribution in [0.2, 0.25) is 0 Å². The van der Waals surface area contributed by atoms with E-state index in [1.54, 1.807) is 0 Å². The van der Waals surface area contributed by atoms with Crippen LogP contribution in [0.3, 0.4) is 0 Å². The quantitative estimate of drug-likeness (QED) is 0.765. The van der Waals surface area contributed by atoms with Gasteiger partial charge in [0.2, 0.25) is 5.91 Å². The van der Waals surface area contributed by atoms with Gasteiger partial charge in [0.15, 0.2) is 0 Å². The molecule has 0 aromatic rings. The third-order valence-corrected chi connectivity index (χ3v) is 4.49. The maximum Gasteiger partial charge on any atom is 0.222 e. The van der Waals surface area contributed by atoms with E-state index in [0.717, 1.165) is 38.4 Å². The van der Waals surface area contributed by atoms with Gasteiger partial charge in [0.1, 0.15) is 0 Å². The molecule has 19 heavy (non-hydrogen) atoms. The number of aliphatic hydroxyl groups excluding tert-OH is 1. The molecule has 2 aliphatic rings. The average molecular weight is 268 g/mol. The first-order valence-corrected chi connectivity index (χ1v) is 7.83. The lowest BCUT2D eigenvalue weighted by molar-refractivity contribution is -0.134. The zero-order chi connectivity index (χ0) is 13.8. The monoisotopic (exact) mass is 268 g/mol. The second-order valence-corrected chi connectivity index (χ2v) is 6.17. The van der Waals surface area contributed by atoms with Crippen LogP contribution < -0.4 is 5.32 Å². The smallest absolute Gasteiger partial charge is 0.222 e. The number of likely N-dealkylation sites (tertiary alicyclic amines) is 1. The highest BCUT2D eigenvalue weighted by Gasteiger charge is 2.33. The molecule has 1 saturated heterocycles. The number of nitrogens with one attached hydrogen (secondary N) is 1. The Hall–Kier alpha value is -0.610. The summed E-state index contributed by atoms with van der Waals surface area (Å²) in [7, 11) is 0. The molecule has 1 aliphatic heterocycles. The van der Waals surface area contributed by atoms with Crippen molar-refractivity contribution in [2.24, 2.45) is 11.8 Å². The van der Waals surface area contributed by atoms with Crippen LogP contribution in [0.5, 0.6) is 0 Å². The van der Waals surface area contributed by atoms with Gasteiger partial charge >= 0.3 is 0 Å². The van der Waals surface area contributed by atoms with E-state index in [9.17, 15) is 9.90 Å². The molecule has 0 radical (unpaired) electrons. The first kappa shape index (κ1) is 14.8. The van der Waals surface area contributed by atoms with E-state index in [4.69, 9.17) is 0 Å². The summed E-state index contributed by atoms with van der Waals surface area (Å²) in [6.45, 7) is 6.54. The normalized spacial score (nSPS) is 29.3. The maximum atomic E-state index is 11.9. The zero-order valence-corrected chi connectivity index (χ0v) is 12.3. The predicted octanol–water partition coefficient (Wildman–Crippen LogP) is 1.38. The molecule has 1 amide bonds. The summed E-state index contributed by atoms with van der Waals surface area (Å²) in [6.07, 6.45) is 4.74. The highest BCUT2D eigenvalue weighted by molar-refractivity contribution is 5.76. The number of carbonyl (C=O) groups is 1. The van der Waals surface area contributed by atoms with E-state index in [-0.39, 0.29) is 17.9 Å². The van der Waals surface area contributed by atoms with Gasteiger partial charge in [0, 0.05) is 31.5 Å². The van der Waals surface area contributed by atoms with Crippen LogP contribution in [0, 0.1) is 11.8 Å². The molecule has 0 bridgehead atoms. The van der Waals surface area contributed by atoms with Gasteiger partial charge in [-0.1, -0.05) is 13.8 Å². The van der Waals surface area contributed by atoms with Crippen LogP contribution in [0.15, 0.2) is 0 Å². The van der Waals surface area contributed by atoms with Gasteiger partial charge in [-0.3, -0.25) is 4.79 Å². The molecule has 110 valence electrons. The maximum absolute atomic E-state index is 11.9. The number of aliphatic hydroxyl groups is 1. The molecule has 0 spiro atoms. The van der Waals surface area contributed by atoms with E-state index in [1.165, 1.54) is 12.8 Å². The number of carbonyl (C=O) groups excluding carboxylic acids is 1. The summed E-state index contributed by atoms with van der Waals surface area (Å²) in [4.78, 5) is 13.9. The second-order valence-electron chi connectivity index (χ2n) is 6.17. The predicted molar refractivity (Wildman–Crippen MR) is 75.8 cm³/mol. The van der Waals surface area contributed by atoms with Crippen molar-refractivity contribution in [3.05, 3.63) is 0 Å². The lowest BCUT2D eigenvalue weighted by Crippen LogP contribution is -2.53. The first-order valence-electron chi connectivity index (χ1n) is 7.83. The number of nitrogens with zero attached hydrogens (tertiary/aromatic N) is 1. The van der Waals surface area contributed by atoms with Crippen molar-refractivity contribution in [3.63, 3.8) is 0 Å². The Balaban J connectivity index is 1.91. The van der Waals surface area contributed by atoms with Crippen molar-refractivity contribution in [3.8, 4) is 0 Å². The van der Waals surface area contributed by atoms with Crippen molar-refractivity contribution in [1.82, 2.24) is 10.2 Å². The Morgan fingerprint density at radius 2 is 2.11 bits per heavy atom. The van der Waals surface area contributed by atoms with Crippen molar-refractivity contribution >= 4 is 5.91 Å². The Morgan fingerprint density at radius 3 is 2.68 bits per heavy atom. The molecule has 2 fully saturated rings. The van der Waals surface area contributed by atoms with Gasteiger partial charge in [-0.25, -0.2) is 0 Å². The summed E-state index contributed by atoms with van der Waals surface area (Å²) < 4.78 is 0. The van der Waals surface area contributed by atoms with Crippen molar-refractivity contribution in [2.75, 3.05) is 19.6 Å². The number of amides is 1. The Labute approximate surface area is 116 Å². The minimum Gasteiger partial charge on any atom is -0.393 e. The fourth-order valence-electron chi connectivity index (χ4n) is 2.98. The lowest BCUT2D eigenvalue weighted by Gasteiger charge is -2.40. The Morgan fingerprint density at radius 1 is 1.37 bits per heavy atom. The molecule has 3 unspecified atom stereocenters. The second kappa shape index (κ2) is 6.71. The molecule has 1 aliphatic carbocycles. The molecule has 4 heteroatoms. The molecule has 2 N–H and O–H groups in total. The fourth-order valence-corrected chi connectivity index (χ4v) is 2.98. The highest BCUT2D eigenvalue weighted by atomic mass is 16.3. The van der Waals surface area contributed by atoms with E-state index in [2.05, 4.69) is 5.32 Å². The van der Waals surface area contributed by atoms with Gasteiger partial charge in [0.25, 0.3) is 0 Å². The SMILES string of the molecule is CCC(=O)N1CC(NCC2CC2)CC(C(O)CC)C1. The van der Waals surface area contributed by atoms with Gasteiger partial charge < -0.3 is 15.3 Å². The van der Waals surface area contributed by atoms with Crippen LogP contribution in [0.25, 0.3) is 0 Å². The van der Waals surface area contributed by atoms with Crippen molar-refractivity contribution < 1.29 is 9.90 Å². The van der Waals surface area contributed by atoms with E-state index < -0.39 is 0 Å². The molecular formula is C15H28N2O2. The van der Waals surface area contributed by atoms with E-state index >= 15 is 0 Å². The Kier molecular flexibility index (Phi) is 5.22. The highest BCUT2D eigenvalue weighted by Crippen LogP contribution is 2.29. The third-order valence-electron chi connectivity index (χ3n) is 4.49. The number of hydrogen-bond acceptors (Lipinski definition) is 3. The summed E-state index contributed by atoms with van der Waals surface area (Å²) in [5.41, 5.74) is 0. The van der Waals surface area contributed by atoms with Crippen LogP contribution in [0.1, 0.15) is 46.0 Å². The number of hydrogen-bond donors (Lipinski definition) is 2. The summed E-state index contributed by atoms with van der Waals surface area (Å²) in [5.74, 6) is 1.30. The van der Waals surface area contributed by atoms with Crippen molar-refractivity contribution in [2.45, 2.75) is 58.1 Å². The fraction of sp³-hybridized carbons (Fsp3) is 0.933. The number of piperidine rings is 1. The molecule has 0 aromatic carbocycles. The third kappa shape index (κ3) is 4.18. The van der Waals surface area contributed by atoms with Crippen LogP contribution in [-0.2, 0) is 4.79 Å². The van der Waals surface area contributed by atoms with Gasteiger partial charge in [-0.15, -0.1) is 0 Å². The van der Waals surface area contributed by atoms with E-state index in [0.29, 0.717) is 12.5 Å². The van der Waals surface area contributed by atoms with Gasteiger partial charge in [-0.2, -0.15) is 0 Å².